The lowest BCUT2D eigenvalue weighted by molar-refractivity contribution is -0.123. The molecule has 2 N–H and O–H groups in total. The zero-order valence-corrected chi connectivity index (χ0v) is 11.2. The van der Waals surface area contributed by atoms with Gasteiger partial charge in [-0.05, 0) is 24.5 Å². The summed E-state index contributed by atoms with van der Waals surface area (Å²) in [6, 6.07) is 4.81. The van der Waals surface area contributed by atoms with Gasteiger partial charge in [0.05, 0.1) is 7.11 Å². The summed E-state index contributed by atoms with van der Waals surface area (Å²) in [6.45, 7) is 0. The average Bonchev–Trinajstić information content (AvgIpc) is 2.41. The molecule has 2 rings (SSSR count). The molecule has 1 aliphatic carbocycles. The number of hydrogen-bond donors (Lipinski definition) is 1. The molecule has 0 spiro atoms. The Morgan fingerprint density at radius 3 is 2.84 bits per heavy atom. The summed E-state index contributed by atoms with van der Waals surface area (Å²) >= 11 is 0. The van der Waals surface area contributed by atoms with Crippen molar-refractivity contribution in [2.75, 3.05) is 7.11 Å². The SMILES string of the molecule is COc1cccc(CC(=O)C2CCCCC2N)c1F. The largest absolute Gasteiger partial charge is 0.494 e. The van der Waals surface area contributed by atoms with E-state index in [1.807, 2.05) is 0 Å². The van der Waals surface area contributed by atoms with Crippen molar-refractivity contribution in [1.82, 2.24) is 0 Å². The number of hydrogen-bond acceptors (Lipinski definition) is 3. The molecule has 19 heavy (non-hydrogen) atoms. The molecule has 1 aromatic carbocycles. The molecule has 1 aliphatic rings. The number of ketones is 1. The fourth-order valence-electron chi connectivity index (χ4n) is 2.73. The van der Waals surface area contributed by atoms with Crippen molar-refractivity contribution < 1.29 is 13.9 Å². The van der Waals surface area contributed by atoms with Gasteiger partial charge in [-0.15, -0.1) is 0 Å². The Morgan fingerprint density at radius 1 is 1.42 bits per heavy atom. The van der Waals surface area contributed by atoms with Crippen LogP contribution in [0.4, 0.5) is 4.39 Å². The Hall–Kier alpha value is -1.42. The summed E-state index contributed by atoms with van der Waals surface area (Å²) in [6.07, 6.45) is 3.92. The Balaban J connectivity index is 2.10. The van der Waals surface area contributed by atoms with Crippen molar-refractivity contribution in [3.63, 3.8) is 0 Å². The molecular weight excluding hydrogens is 245 g/mol. The van der Waals surface area contributed by atoms with Crippen LogP contribution < -0.4 is 10.5 Å². The van der Waals surface area contributed by atoms with Gasteiger partial charge >= 0.3 is 0 Å². The maximum atomic E-state index is 14.0. The van der Waals surface area contributed by atoms with E-state index in [0.29, 0.717) is 5.56 Å². The van der Waals surface area contributed by atoms with E-state index in [-0.39, 0.29) is 29.9 Å². The second-order valence-electron chi connectivity index (χ2n) is 5.13. The molecule has 104 valence electrons. The molecule has 2 unspecified atom stereocenters. The zero-order chi connectivity index (χ0) is 13.8. The molecule has 0 aromatic heterocycles. The minimum atomic E-state index is -0.442. The highest BCUT2D eigenvalue weighted by Crippen LogP contribution is 2.26. The maximum absolute atomic E-state index is 14.0. The maximum Gasteiger partial charge on any atom is 0.168 e. The Bertz CT molecular complexity index is 461. The normalized spacial score (nSPS) is 23.1. The van der Waals surface area contributed by atoms with Crippen LogP contribution in [0.15, 0.2) is 18.2 Å². The summed E-state index contributed by atoms with van der Waals surface area (Å²) < 4.78 is 18.9. The molecular formula is C15H20FNO2. The van der Waals surface area contributed by atoms with Gasteiger partial charge in [-0.25, -0.2) is 4.39 Å². The molecule has 0 heterocycles. The first-order valence-corrected chi connectivity index (χ1v) is 6.73. The summed E-state index contributed by atoms with van der Waals surface area (Å²) in [5.41, 5.74) is 6.38. The number of ether oxygens (including phenoxy) is 1. The van der Waals surface area contributed by atoms with Crippen molar-refractivity contribution in [2.45, 2.75) is 38.1 Å². The minimum Gasteiger partial charge on any atom is -0.494 e. The van der Waals surface area contributed by atoms with Gasteiger partial charge in [-0.2, -0.15) is 0 Å². The van der Waals surface area contributed by atoms with Crippen LogP contribution in [0.3, 0.4) is 0 Å². The third kappa shape index (κ3) is 3.13. The van der Waals surface area contributed by atoms with Crippen LogP contribution >= 0.6 is 0 Å². The molecule has 0 saturated heterocycles. The Morgan fingerprint density at radius 2 is 2.16 bits per heavy atom. The van der Waals surface area contributed by atoms with Gasteiger partial charge in [0, 0.05) is 18.4 Å². The molecule has 3 nitrogen and oxygen atoms in total. The van der Waals surface area contributed by atoms with Crippen molar-refractivity contribution in [3.8, 4) is 5.75 Å². The van der Waals surface area contributed by atoms with Crippen LogP contribution in [0.1, 0.15) is 31.2 Å². The van der Waals surface area contributed by atoms with E-state index in [9.17, 15) is 9.18 Å². The van der Waals surface area contributed by atoms with E-state index in [0.717, 1.165) is 25.7 Å². The molecule has 0 radical (unpaired) electrons. The second kappa shape index (κ2) is 6.15. The molecule has 0 aliphatic heterocycles. The lowest BCUT2D eigenvalue weighted by Crippen LogP contribution is -2.38. The standard InChI is InChI=1S/C15H20FNO2/c1-19-14-8-4-5-10(15(14)16)9-13(18)11-6-2-3-7-12(11)17/h4-5,8,11-12H,2-3,6-7,9,17H2,1H3. The first-order chi connectivity index (χ1) is 9.13. The number of rotatable bonds is 4. The van der Waals surface area contributed by atoms with E-state index in [4.69, 9.17) is 10.5 Å². The van der Waals surface area contributed by atoms with E-state index in [1.165, 1.54) is 7.11 Å². The first kappa shape index (κ1) is 14.0. The summed E-state index contributed by atoms with van der Waals surface area (Å²) in [5, 5.41) is 0. The quantitative estimate of drug-likeness (QED) is 0.909. The predicted molar refractivity (Wildman–Crippen MR) is 71.6 cm³/mol. The lowest BCUT2D eigenvalue weighted by Gasteiger charge is -2.27. The summed E-state index contributed by atoms with van der Waals surface area (Å²) in [5.74, 6) is -0.348. The number of nitrogens with two attached hydrogens (primary N) is 1. The van der Waals surface area contributed by atoms with Crippen LogP contribution in [-0.2, 0) is 11.2 Å². The third-order valence-corrected chi connectivity index (χ3v) is 3.86. The number of methoxy groups -OCH3 is 1. The van der Waals surface area contributed by atoms with Crippen LogP contribution in [0.2, 0.25) is 0 Å². The van der Waals surface area contributed by atoms with Gasteiger partial charge in [-0.1, -0.05) is 25.0 Å². The van der Waals surface area contributed by atoms with E-state index < -0.39 is 5.82 Å². The Kier molecular flexibility index (Phi) is 4.53. The molecule has 1 fully saturated rings. The third-order valence-electron chi connectivity index (χ3n) is 3.86. The van der Waals surface area contributed by atoms with Crippen molar-refractivity contribution in [2.24, 2.45) is 11.7 Å². The van der Waals surface area contributed by atoms with Crippen molar-refractivity contribution >= 4 is 5.78 Å². The van der Waals surface area contributed by atoms with Crippen LogP contribution in [0.5, 0.6) is 5.75 Å². The zero-order valence-electron chi connectivity index (χ0n) is 11.2. The second-order valence-corrected chi connectivity index (χ2v) is 5.13. The average molecular weight is 265 g/mol. The Labute approximate surface area is 112 Å². The molecule has 0 bridgehead atoms. The number of carbonyl (C=O) groups is 1. The van der Waals surface area contributed by atoms with Crippen LogP contribution in [0.25, 0.3) is 0 Å². The van der Waals surface area contributed by atoms with Crippen molar-refractivity contribution in [3.05, 3.63) is 29.6 Å². The lowest BCUT2D eigenvalue weighted by atomic mass is 9.80. The first-order valence-electron chi connectivity index (χ1n) is 6.73. The fraction of sp³-hybridized carbons (Fsp3) is 0.533. The van der Waals surface area contributed by atoms with Gasteiger partial charge < -0.3 is 10.5 Å². The van der Waals surface area contributed by atoms with Crippen molar-refractivity contribution in [1.29, 1.82) is 0 Å². The van der Waals surface area contributed by atoms with Gasteiger partial charge in [0.2, 0.25) is 0 Å². The number of Topliss-reactive ketones (excluding diaryl/α,β-unsaturated/α-hetero) is 1. The summed E-state index contributed by atoms with van der Waals surface area (Å²) in [7, 11) is 1.42. The van der Waals surface area contributed by atoms with Crippen LogP contribution in [-0.4, -0.2) is 18.9 Å². The topological polar surface area (TPSA) is 52.3 Å². The smallest absolute Gasteiger partial charge is 0.168 e. The number of halogens is 1. The summed E-state index contributed by atoms with van der Waals surface area (Å²) in [4.78, 5) is 12.2. The minimum absolute atomic E-state index is 0.0411. The highest BCUT2D eigenvalue weighted by molar-refractivity contribution is 5.84. The molecule has 1 aromatic rings. The molecule has 1 saturated carbocycles. The molecule has 0 amide bonds. The van der Waals surface area contributed by atoms with E-state index in [2.05, 4.69) is 0 Å². The van der Waals surface area contributed by atoms with E-state index >= 15 is 0 Å². The molecule has 2 atom stereocenters. The van der Waals surface area contributed by atoms with Gasteiger partial charge in [0.1, 0.15) is 5.78 Å². The highest BCUT2D eigenvalue weighted by atomic mass is 19.1. The highest BCUT2D eigenvalue weighted by Gasteiger charge is 2.28. The predicted octanol–water partition coefficient (Wildman–Crippen LogP) is 2.46. The van der Waals surface area contributed by atoms with E-state index in [1.54, 1.807) is 18.2 Å². The molecule has 4 heteroatoms. The van der Waals surface area contributed by atoms with Gasteiger partial charge in [0.25, 0.3) is 0 Å². The monoisotopic (exact) mass is 265 g/mol. The number of benzene rings is 1. The van der Waals surface area contributed by atoms with Gasteiger partial charge in [0.15, 0.2) is 11.6 Å². The van der Waals surface area contributed by atoms with Gasteiger partial charge in [-0.3, -0.25) is 4.79 Å². The van der Waals surface area contributed by atoms with Crippen LogP contribution in [0, 0.1) is 11.7 Å². The number of carbonyl (C=O) groups excluding carboxylic acids is 1. The fourth-order valence-corrected chi connectivity index (χ4v) is 2.73.